The first-order valence-corrected chi connectivity index (χ1v) is 7.62. The molecule has 0 bridgehead atoms. The molecule has 1 aromatic heterocycles. The van der Waals surface area contributed by atoms with Crippen molar-refractivity contribution in [3.63, 3.8) is 0 Å². The average Bonchev–Trinajstić information content (AvgIpc) is 2.58. The summed E-state index contributed by atoms with van der Waals surface area (Å²) >= 11 is 0. The van der Waals surface area contributed by atoms with E-state index in [1.165, 1.54) is 19.5 Å². The van der Waals surface area contributed by atoms with Gasteiger partial charge in [0, 0.05) is 32.1 Å². The van der Waals surface area contributed by atoms with E-state index < -0.39 is 11.7 Å². The van der Waals surface area contributed by atoms with Gasteiger partial charge in [-0.15, -0.1) is 0 Å². The maximum Gasteiger partial charge on any atom is 0.316 e. The smallest absolute Gasteiger partial charge is 0.316 e. The number of aliphatic hydroxyl groups excluding tert-OH is 1. The third-order valence-corrected chi connectivity index (χ3v) is 4.57. The van der Waals surface area contributed by atoms with Gasteiger partial charge in [0.1, 0.15) is 0 Å². The Morgan fingerprint density at radius 3 is 2.68 bits per heavy atom. The fourth-order valence-electron chi connectivity index (χ4n) is 3.19. The Kier molecular flexibility index (Phi) is 4.26. The van der Waals surface area contributed by atoms with Gasteiger partial charge in [-0.05, 0) is 25.7 Å². The molecule has 1 atom stereocenters. The van der Waals surface area contributed by atoms with Crippen LogP contribution in [0.4, 0.5) is 0 Å². The fourth-order valence-corrected chi connectivity index (χ4v) is 3.19. The maximum atomic E-state index is 12.5. The molecule has 2 aliphatic heterocycles. The quantitative estimate of drug-likeness (QED) is 0.863. The number of hydrogen-bond acceptors (Lipinski definition) is 6. The van der Waals surface area contributed by atoms with Crippen LogP contribution in [-0.4, -0.2) is 64.4 Å². The van der Waals surface area contributed by atoms with Crippen LogP contribution in [0, 0.1) is 0 Å². The topological polar surface area (TPSA) is 84.8 Å². The zero-order chi connectivity index (χ0) is 15.6. The highest BCUT2D eigenvalue weighted by atomic mass is 16.5. The minimum absolute atomic E-state index is 0.0946. The molecule has 1 aromatic rings. The van der Waals surface area contributed by atoms with Crippen molar-refractivity contribution in [3.8, 4) is 6.01 Å². The van der Waals surface area contributed by atoms with Gasteiger partial charge < -0.3 is 19.5 Å². The summed E-state index contributed by atoms with van der Waals surface area (Å²) in [7, 11) is 1.48. The number of nitrogens with zero attached hydrogens (tertiary/aromatic N) is 3. The molecule has 0 radical (unpaired) electrons. The van der Waals surface area contributed by atoms with E-state index in [2.05, 4.69) is 9.97 Å². The second kappa shape index (κ2) is 6.18. The molecular weight excluding hydrogens is 286 g/mol. The lowest BCUT2D eigenvalue weighted by Gasteiger charge is -2.46. The summed E-state index contributed by atoms with van der Waals surface area (Å²) in [5.74, 6) is -0.0946. The molecule has 2 fully saturated rings. The van der Waals surface area contributed by atoms with Crippen molar-refractivity contribution >= 4 is 5.91 Å². The lowest BCUT2D eigenvalue weighted by molar-refractivity contribution is -0.174. The summed E-state index contributed by atoms with van der Waals surface area (Å²) in [6.45, 7) is 1.83. The first-order chi connectivity index (χ1) is 10.6. The zero-order valence-corrected chi connectivity index (χ0v) is 12.7. The van der Waals surface area contributed by atoms with Crippen molar-refractivity contribution < 1.29 is 19.4 Å². The first-order valence-electron chi connectivity index (χ1n) is 7.62. The van der Waals surface area contributed by atoms with E-state index in [0.717, 1.165) is 12.8 Å². The van der Waals surface area contributed by atoms with Gasteiger partial charge in [-0.25, -0.2) is 9.97 Å². The van der Waals surface area contributed by atoms with E-state index in [-0.39, 0.29) is 11.9 Å². The number of carbonyl (C=O) groups is 1. The van der Waals surface area contributed by atoms with E-state index in [0.29, 0.717) is 38.1 Å². The predicted octanol–water partition coefficient (Wildman–Crippen LogP) is 0.631. The van der Waals surface area contributed by atoms with Crippen molar-refractivity contribution in [2.75, 3.05) is 26.8 Å². The molecule has 0 aromatic carbocycles. The lowest BCUT2D eigenvalue weighted by Crippen LogP contribution is -2.56. The number of likely N-dealkylation sites (tertiary alicyclic amines) is 1. The van der Waals surface area contributed by atoms with Crippen molar-refractivity contribution in [2.24, 2.45) is 0 Å². The number of aromatic nitrogens is 2. The fraction of sp³-hybridized carbons (Fsp3) is 0.667. The summed E-state index contributed by atoms with van der Waals surface area (Å²) in [5.41, 5.74) is -0.0207. The van der Waals surface area contributed by atoms with Gasteiger partial charge in [0.25, 0.3) is 5.91 Å². The lowest BCUT2D eigenvalue weighted by atomic mass is 9.82. The van der Waals surface area contributed by atoms with Gasteiger partial charge in [-0.3, -0.25) is 4.79 Å². The molecule has 120 valence electrons. The summed E-state index contributed by atoms with van der Waals surface area (Å²) in [6.07, 6.45) is 5.53. The molecule has 1 amide bonds. The number of piperidine rings is 1. The van der Waals surface area contributed by atoms with E-state index in [4.69, 9.17) is 9.47 Å². The molecule has 0 saturated carbocycles. The molecule has 7 nitrogen and oxygen atoms in total. The molecule has 2 aliphatic rings. The van der Waals surface area contributed by atoms with Crippen molar-refractivity contribution in [2.45, 2.75) is 37.4 Å². The Balaban J connectivity index is 1.64. The minimum atomic E-state index is -0.467. The Labute approximate surface area is 129 Å². The maximum absolute atomic E-state index is 12.5. The summed E-state index contributed by atoms with van der Waals surface area (Å²) in [4.78, 5) is 22.1. The van der Waals surface area contributed by atoms with Gasteiger partial charge in [0.15, 0.2) is 0 Å². The highest BCUT2D eigenvalue weighted by molar-refractivity contribution is 5.93. The Bertz CT molecular complexity index is 526. The molecule has 2 saturated heterocycles. The van der Waals surface area contributed by atoms with Crippen LogP contribution in [0.1, 0.15) is 36.0 Å². The second-order valence-corrected chi connectivity index (χ2v) is 5.82. The van der Waals surface area contributed by atoms with E-state index in [1.54, 1.807) is 4.90 Å². The predicted molar refractivity (Wildman–Crippen MR) is 77.6 cm³/mol. The Morgan fingerprint density at radius 1 is 1.41 bits per heavy atom. The number of methoxy groups -OCH3 is 1. The molecule has 3 rings (SSSR count). The van der Waals surface area contributed by atoms with E-state index in [1.807, 2.05) is 0 Å². The van der Waals surface area contributed by atoms with Gasteiger partial charge in [-0.2, -0.15) is 0 Å². The Morgan fingerprint density at radius 2 is 2.09 bits per heavy atom. The molecule has 3 heterocycles. The van der Waals surface area contributed by atoms with Gasteiger partial charge in [-0.1, -0.05) is 0 Å². The van der Waals surface area contributed by atoms with Crippen LogP contribution < -0.4 is 4.74 Å². The van der Waals surface area contributed by atoms with Crippen LogP contribution in [0.25, 0.3) is 0 Å². The number of ether oxygens (including phenoxy) is 2. The third kappa shape index (κ3) is 2.78. The van der Waals surface area contributed by atoms with Crippen molar-refractivity contribution in [3.05, 3.63) is 18.0 Å². The highest BCUT2D eigenvalue weighted by Gasteiger charge is 2.44. The SMILES string of the molecule is COc1ncc(C(=O)N2CCC3(CC2)OCCC[C@@H]3O)cn1. The highest BCUT2D eigenvalue weighted by Crippen LogP contribution is 2.35. The third-order valence-electron chi connectivity index (χ3n) is 4.57. The van der Waals surface area contributed by atoms with E-state index in [9.17, 15) is 9.90 Å². The van der Waals surface area contributed by atoms with Crippen LogP contribution in [0.15, 0.2) is 12.4 Å². The summed E-state index contributed by atoms with van der Waals surface area (Å²) < 4.78 is 10.7. The largest absolute Gasteiger partial charge is 0.467 e. The summed E-state index contributed by atoms with van der Waals surface area (Å²) in [6, 6.07) is 0.243. The van der Waals surface area contributed by atoms with Crippen LogP contribution in [0.3, 0.4) is 0 Å². The number of hydrogen-bond donors (Lipinski definition) is 1. The van der Waals surface area contributed by atoms with E-state index >= 15 is 0 Å². The zero-order valence-electron chi connectivity index (χ0n) is 12.7. The minimum Gasteiger partial charge on any atom is -0.467 e. The standard InChI is InChI=1S/C15H21N3O4/c1-21-14-16-9-11(10-17-14)13(20)18-6-4-15(5-7-18)12(19)3-2-8-22-15/h9-10,12,19H,2-8H2,1H3/t12-/m0/s1. The monoisotopic (exact) mass is 307 g/mol. The van der Waals surface area contributed by atoms with Gasteiger partial charge in [0.2, 0.25) is 0 Å². The number of rotatable bonds is 2. The molecule has 7 heteroatoms. The van der Waals surface area contributed by atoms with Crippen LogP contribution in [0.2, 0.25) is 0 Å². The average molecular weight is 307 g/mol. The molecule has 0 aliphatic carbocycles. The van der Waals surface area contributed by atoms with Crippen LogP contribution in [-0.2, 0) is 4.74 Å². The second-order valence-electron chi connectivity index (χ2n) is 5.82. The molecule has 0 unspecified atom stereocenters. The van der Waals surface area contributed by atoms with Crippen LogP contribution in [0.5, 0.6) is 6.01 Å². The van der Waals surface area contributed by atoms with Crippen LogP contribution >= 0.6 is 0 Å². The molecule has 1 spiro atoms. The molecule has 1 N–H and O–H groups in total. The van der Waals surface area contributed by atoms with Crippen molar-refractivity contribution in [1.82, 2.24) is 14.9 Å². The number of carbonyl (C=O) groups excluding carboxylic acids is 1. The first kappa shape index (κ1) is 15.2. The van der Waals surface area contributed by atoms with Gasteiger partial charge in [0.05, 0.1) is 24.4 Å². The normalized spacial score (nSPS) is 24.3. The number of aliphatic hydroxyl groups is 1. The van der Waals surface area contributed by atoms with Gasteiger partial charge >= 0.3 is 6.01 Å². The Hall–Kier alpha value is -1.73. The van der Waals surface area contributed by atoms with Crippen molar-refractivity contribution in [1.29, 1.82) is 0 Å². The summed E-state index contributed by atoms with van der Waals surface area (Å²) in [5, 5.41) is 10.2. The molecule has 22 heavy (non-hydrogen) atoms. The number of amides is 1. The molecular formula is C15H21N3O4.